The highest BCUT2D eigenvalue weighted by Gasteiger charge is 2.29. The van der Waals surface area contributed by atoms with Crippen molar-refractivity contribution in [2.75, 3.05) is 0 Å². The molecule has 0 radical (unpaired) electrons. The Labute approximate surface area is 92.7 Å². The van der Waals surface area contributed by atoms with Gasteiger partial charge in [-0.15, -0.1) is 11.3 Å². The molecule has 0 aliphatic heterocycles. The van der Waals surface area contributed by atoms with E-state index in [2.05, 4.69) is 25.1 Å². The number of aldehydes is 1. The third kappa shape index (κ3) is 1.40. The Morgan fingerprint density at radius 3 is 2.87 bits per heavy atom. The molecule has 15 heavy (non-hydrogen) atoms. The van der Waals surface area contributed by atoms with Crippen molar-refractivity contribution in [3.63, 3.8) is 0 Å². The smallest absolute Gasteiger partial charge is 0.160 e. The van der Waals surface area contributed by atoms with Crippen LogP contribution in [-0.2, 0) is 0 Å². The van der Waals surface area contributed by atoms with Crippen molar-refractivity contribution in [3.8, 4) is 0 Å². The molecule has 3 rings (SSSR count). The molecular formula is C13H12OS. The lowest BCUT2D eigenvalue weighted by Crippen LogP contribution is -1.83. The van der Waals surface area contributed by atoms with E-state index in [9.17, 15) is 4.79 Å². The first-order valence-electron chi connectivity index (χ1n) is 5.28. The molecular weight excluding hydrogens is 204 g/mol. The minimum Gasteiger partial charge on any atom is -0.297 e. The van der Waals surface area contributed by atoms with Crippen LogP contribution in [-0.4, -0.2) is 6.29 Å². The van der Waals surface area contributed by atoms with Gasteiger partial charge in [-0.1, -0.05) is 17.7 Å². The lowest BCUT2D eigenvalue weighted by atomic mass is 10.0. The Kier molecular flexibility index (Phi) is 1.93. The summed E-state index contributed by atoms with van der Waals surface area (Å²) in [6.07, 6.45) is 3.52. The Bertz CT molecular complexity index is 535. The van der Waals surface area contributed by atoms with Gasteiger partial charge in [0, 0.05) is 4.70 Å². The standard InChI is InChI=1S/C13H12OS/c1-8-2-5-11-10(6-8)13(9-3-4-9)12(7-14)15-11/h2,5-7,9H,3-4H2,1H3. The van der Waals surface area contributed by atoms with Crippen LogP contribution in [0.2, 0.25) is 0 Å². The van der Waals surface area contributed by atoms with Gasteiger partial charge < -0.3 is 0 Å². The molecule has 1 aromatic heterocycles. The maximum absolute atomic E-state index is 11.0. The molecule has 0 amide bonds. The van der Waals surface area contributed by atoms with Crippen molar-refractivity contribution in [1.82, 2.24) is 0 Å². The minimum absolute atomic E-state index is 0.653. The number of benzene rings is 1. The van der Waals surface area contributed by atoms with E-state index >= 15 is 0 Å². The van der Waals surface area contributed by atoms with Crippen LogP contribution in [0.4, 0.5) is 0 Å². The predicted molar refractivity (Wildman–Crippen MR) is 63.9 cm³/mol. The van der Waals surface area contributed by atoms with Crippen LogP contribution in [0.5, 0.6) is 0 Å². The van der Waals surface area contributed by atoms with Gasteiger partial charge in [-0.25, -0.2) is 0 Å². The van der Waals surface area contributed by atoms with Crippen LogP contribution >= 0.6 is 11.3 Å². The minimum atomic E-state index is 0.653. The van der Waals surface area contributed by atoms with Crippen LogP contribution in [0.3, 0.4) is 0 Å². The van der Waals surface area contributed by atoms with Crippen LogP contribution in [0, 0.1) is 6.92 Å². The predicted octanol–water partition coefficient (Wildman–Crippen LogP) is 3.90. The highest BCUT2D eigenvalue weighted by molar-refractivity contribution is 7.20. The topological polar surface area (TPSA) is 17.1 Å². The number of hydrogen-bond donors (Lipinski definition) is 0. The SMILES string of the molecule is Cc1ccc2sc(C=O)c(C3CC3)c2c1. The van der Waals surface area contributed by atoms with Gasteiger partial charge >= 0.3 is 0 Å². The number of hydrogen-bond acceptors (Lipinski definition) is 2. The molecule has 0 bridgehead atoms. The summed E-state index contributed by atoms with van der Waals surface area (Å²) in [5.41, 5.74) is 2.59. The molecule has 1 nitrogen and oxygen atoms in total. The highest BCUT2D eigenvalue weighted by atomic mass is 32.1. The molecule has 1 aromatic carbocycles. The summed E-state index contributed by atoms with van der Waals surface area (Å²) in [6, 6.07) is 6.46. The average Bonchev–Trinajstić information content (AvgIpc) is 2.99. The monoisotopic (exact) mass is 216 g/mol. The first-order valence-corrected chi connectivity index (χ1v) is 6.09. The van der Waals surface area contributed by atoms with Crippen LogP contribution < -0.4 is 0 Å². The second-order valence-corrected chi connectivity index (χ2v) is 5.36. The molecule has 1 saturated carbocycles. The first-order chi connectivity index (χ1) is 7.29. The zero-order valence-corrected chi connectivity index (χ0v) is 9.43. The molecule has 1 aliphatic rings. The summed E-state index contributed by atoms with van der Waals surface area (Å²) in [7, 11) is 0. The van der Waals surface area contributed by atoms with E-state index in [4.69, 9.17) is 0 Å². The van der Waals surface area contributed by atoms with Crippen molar-refractivity contribution in [1.29, 1.82) is 0 Å². The molecule has 2 heteroatoms. The molecule has 1 aliphatic carbocycles. The van der Waals surface area contributed by atoms with E-state index in [1.165, 1.54) is 34.1 Å². The maximum Gasteiger partial charge on any atom is 0.160 e. The Morgan fingerprint density at radius 2 is 2.20 bits per heavy atom. The summed E-state index contributed by atoms with van der Waals surface area (Å²) in [6.45, 7) is 2.11. The second kappa shape index (κ2) is 3.17. The fourth-order valence-electron chi connectivity index (χ4n) is 2.13. The number of thiophene rings is 1. The second-order valence-electron chi connectivity index (χ2n) is 4.27. The molecule has 0 saturated heterocycles. The fraction of sp³-hybridized carbons (Fsp3) is 0.308. The Morgan fingerprint density at radius 1 is 1.40 bits per heavy atom. The van der Waals surface area contributed by atoms with E-state index in [-0.39, 0.29) is 0 Å². The van der Waals surface area contributed by atoms with Gasteiger partial charge in [0.25, 0.3) is 0 Å². The maximum atomic E-state index is 11.0. The zero-order chi connectivity index (χ0) is 10.4. The number of carbonyl (C=O) groups excluding carboxylic acids is 1. The third-order valence-corrected chi connectivity index (χ3v) is 4.12. The van der Waals surface area contributed by atoms with Crippen LogP contribution in [0.15, 0.2) is 18.2 Å². The normalized spacial score (nSPS) is 15.8. The highest BCUT2D eigenvalue weighted by Crippen LogP contribution is 2.47. The van der Waals surface area contributed by atoms with Gasteiger partial charge in [-0.3, -0.25) is 4.79 Å². The summed E-state index contributed by atoms with van der Waals surface area (Å²) >= 11 is 1.63. The van der Waals surface area contributed by atoms with Gasteiger partial charge in [-0.05, 0) is 42.7 Å². The molecule has 0 unspecified atom stereocenters. The van der Waals surface area contributed by atoms with E-state index in [0.29, 0.717) is 5.92 Å². The number of carbonyl (C=O) groups is 1. The quantitative estimate of drug-likeness (QED) is 0.696. The van der Waals surface area contributed by atoms with Crippen molar-refractivity contribution < 1.29 is 4.79 Å². The molecule has 0 spiro atoms. The van der Waals surface area contributed by atoms with Crippen molar-refractivity contribution in [2.45, 2.75) is 25.7 Å². The van der Waals surface area contributed by atoms with Gasteiger partial charge in [0.1, 0.15) is 0 Å². The first kappa shape index (κ1) is 9.10. The summed E-state index contributed by atoms with van der Waals surface area (Å²) in [4.78, 5) is 12.0. The van der Waals surface area contributed by atoms with E-state index in [1.807, 2.05) is 0 Å². The summed E-state index contributed by atoms with van der Waals surface area (Å²) in [5, 5.41) is 1.31. The number of rotatable bonds is 2. The zero-order valence-electron chi connectivity index (χ0n) is 8.62. The third-order valence-electron chi connectivity index (χ3n) is 3.00. The van der Waals surface area contributed by atoms with Gasteiger partial charge in [0.05, 0.1) is 4.88 Å². The number of aryl methyl sites for hydroxylation is 1. The van der Waals surface area contributed by atoms with E-state index < -0.39 is 0 Å². The van der Waals surface area contributed by atoms with Crippen molar-refractivity contribution >= 4 is 27.7 Å². The average molecular weight is 216 g/mol. The number of fused-ring (bicyclic) bond motifs is 1. The lowest BCUT2D eigenvalue weighted by molar-refractivity contribution is 0.112. The Hall–Kier alpha value is -1.15. The molecule has 1 heterocycles. The Balaban J connectivity index is 2.34. The van der Waals surface area contributed by atoms with Gasteiger partial charge in [0.2, 0.25) is 0 Å². The van der Waals surface area contributed by atoms with Gasteiger partial charge in [-0.2, -0.15) is 0 Å². The largest absolute Gasteiger partial charge is 0.297 e. The lowest BCUT2D eigenvalue weighted by Gasteiger charge is -1.98. The molecule has 0 N–H and O–H groups in total. The van der Waals surface area contributed by atoms with Gasteiger partial charge in [0.15, 0.2) is 6.29 Å². The molecule has 76 valence electrons. The summed E-state index contributed by atoms with van der Waals surface area (Å²) < 4.78 is 1.25. The van der Waals surface area contributed by atoms with Crippen LogP contribution in [0.25, 0.3) is 10.1 Å². The molecule has 1 fully saturated rings. The van der Waals surface area contributed by atoms with E-state index in [0.717, 1.165) is 11.2 Å². The van der Waals surface area contributed by atoms with Crippen molar-refractivity contribution in [2.24, 2.45) is 0 Å². The van der Waals surface area contributed by atoms with Crippen molar-refractivity contribution in [3.05, 3.63) is 34.2 Å². The summed E-state index contributed by atoms with van der Waals surface area (Å²) in [5.74, 6) is 0.653. The van der Waals surface area contributed by atoms with E-state index in [1.54, 1.807) is 11.3 Å². The fourth-order valence-corrected chi connectivity index (χ4v) is 3.22. The molecule has 2 aromatic rings. The molecule has 0 atom stereocenters. The van der Waals surface area contributed by atoms with Crippen LogP contribution in [0.1, 0.15) is 39.6 Å².